The molecule has 5 nitrogen and oxygen atoms in total. The molecule has 0 aromatic carbocycles. The van der Waals surface area contributed by atoms with Crippen molar-refractivity contribution < 1.29 is 4.79 Å². The van der Waals surface area contributed by atoms with Gasteiger partial charge >= 0.3 is 0 Å². The van der Waals surface area contributed by atoms with Crippen LogP contribution >= 0.6 is 0 Å². The Bertz CT molecular complexity index is 334. The quantitative estimate of drug-likeness (QED) is 0.654. The molecule has 1 amide bonds. The zero-order chi connectivity index (χ0) is 12.0. The summed E-state index contributed by atoms with van der Waals surface area (Å²) >= 11 is 0. The number of aromatic amines is 1. The number of aromatic nitrogens is 2. The van der Waals surface area contributed by atoms with Gasteiger partial charge in [0.2, 0.25) is 5.91 Å². The van der Waals surface area contributed by atoms with Crippen LogP contribution < -0.4 is 10.6 Å². The fraction of sp³-hybridized carbons (Fsp3) is 0.636. The van der Waals surface area contributed by atoms with Gasteiger partial charge in [0, 0.05) is 18.3 Å². The molecule has 0 fully saturated rings. The maximum atomic E-state index is 11.5. The second-order valence-corrected chi connectivity index (χ2v) is 3.98. The number of carbonyl (C=O) groups is 1. The Labute approximate surface area is 96.0 Å². The lowest BCUT2D eigenvalue weighted by molar-refractivity contribution is -0.120. The van der Waals surface area contributed by atoms with Crippen molar-refractivity contribution in [3.05, 3.63) is 17.5 Å². The number of hydrogen-bond acceptors (Lipinski definition) is 3. The van der Waals surface area contributed by atoms with E-state index in [1.165, 1.54) is 0 Å². The lowest BCUT2D eigenvalue weighted by Crippen LogP contribution is -2.39. The molecule has 3 N–H and O–H groups in total. The van der Waals surface area contributed by atoms with Crippen molar-refractivity contribution in [3.8, 4) is 0 Å². The molecule has 0 spiro atoms. The van der Waals surface area contributed by atoms with Crippen molar-refractivity contribution in [2.24, 2.45) is 0 Å². The highest BCUT2D eigenvalue weighted by Crippen LogP contribution is 1.98. The van der Waals surface area contributed by atoms with Crippen LogP contribution in [0.2, 0.25) is 0 Å². The Morgan fingerprint density at radius 3 is 2.94 bits per heavy atom. The Morgan fingerprint density at radius 1 is 1.62 bits per heavy atom. The molecule has 0 aliphatic heterocycles. The van der Waals surface area contributed by atoms with E-state index in [0.29, 0.717) is 19.0 Å². The van der Waals surface area contributed by atoms with Crippen molar-refractivity contribution in [1.29, 1.82) is 0 Å². The number of hydrogen-bond donors (Lipinski definition) is 3. The molecule has 1 aromatic rings. The van der Waals surface area contributed by atoms with Gasteiger partial charge in [0.05, 0.1) is 12.1 Å². The number of amides is 1. The van der Waals surface area contributed by atoms with Crippen LogP contribution in [-0.4, -0.2) is 35.2 Å². The second kappa shape index (κ2) is 6.27. The maximum Gasteiger partial charge on any atom is 0.226 e. The number of nitrogens with zero attached hydrogens (tertiary/aromatic N) is 1. The van der Waals surface area contributed by atoms with Gasteiger partial charge in [-0.05, 0) is 26.5 Å². The third-order valence-electron chi connectivity index (χ3n) is 2.26. The molecule has 0 radical (unpaired) electrons. The van der Waals surface area contributed by atoms with Gasteiger partial charge in [-0.25, -0.2) is 0 Å². The molecular formula is C11H20N4O. The molecular weight excluding hydrogens is 204 g/mol. The average molecular weight is 224 g/mol. The monoisotopic (exact) mass is 224 g/mol. The van der Waals surface area contributed by atoms with E-state index < -0.39 is 0 Å². The summed E-state index contributed by atoms with van der Waals surface area (Å²) in [5.74, 6) is 0.0104. The van der Waals surface area contributed by atoms with Gasteiger partial charge in [-0.2, -0.15) is 5.10 Å². The largest absolute Gasteiger partial charge is 0.354 e. The van der Waals surface area contributed by atoms with E-state index in [-0.39, 0.29) is 5.91 Å². The highest BCUT2D eigenvalue weighted by atomic mass is 16.1. The number of rotatable bonds is 6. The third-order valence-corrected chi connectivity index (χ3v) is 2.26. The first-order valence-electron chi connectivity index (χ1n) is 5.62. The fourth-order valence-electron chi connectivity index (χ4n) is 1.48. The van der Waals surface area contributed by atoms with Gasteiger partial charge in [0.1, 0.15) is 0 Å². The van der Waals surface area contributed by atoms with Crippen LogP contribution in [0.3, 0.4) is 0 Å². The Hall–Kier alpha value is -1.36. The topological polar surface area (TPSA) is 69.8 Å². The summed E-state index contributed by atoms with van der Waals surface area (Å²) in [6.07, 6.45) is 0.336. The van der Waals surface area contributed by atoms with Crippen LogP contribution in [0.25, 0.3) is 0 Å². The molecule has 1 heterocycles. The van der Waals surface area contributed by atoms with Gasteiger partial charge in [0.15, 0.2) is 0 Å². The number of carbonyl (C=O) groups excluding carboxylic acids is 1. The number of likely N-dealkylation sites (N-methyl/N-ethyl adjacent to an activating group) is 1. The Morgan fingerprint density at radius 2 is 2.38 bits per heavy atom. The van der Waals surface area contributed by atoms with Gasteiger partial charge in [0.25, 0.3) is 0 Å². The highest BCUT2D eigenvalue weighted by molar-refractivity contribution is 5.78. The lowest BCUT2D eigenvalue weighted by atomic mass is 10.2. The van der Waals surface area contributed by atoms with E-state index in [2.05, 4.69) is 20.8 Å². The zero-order valence-electron chi connectivity index (χ0n) is 10.1. The summed E-state index contributed by atoms with van der Waals surface area (Å²) in [7, 11) is 0. The van der Waals surface area contributed by atoms with Gasteiger partial charge in [-0.15, -0.1) is 0 Å². The van der Waals surface area contributed by atoms with Crippen LogP contribution in [0.5, 0.6) is 0 Å². The summed E-state index contributed by atoms with van der Waals surface area (Å²) in [5, 5.41) is 12.9. The predicted octanol–water partition coefficient (Wildman–Crippen LogP) is 0.375. The van der Waals surface area contributed by atoms with E-state index in [4.69, 9.17) is 0 Å². The van der Waals surface area contributed by atoms with Crippen LogP contribution in [0, 0.1) is 6.92 Å². The van der Waals surface area contributed by atoms with Crippen LogP contribution in [-0.2, 0) is 11.2 Å². The van der Waals surface area contributed by atoms with Crippen LogP contribution in [0.4, 0.5) is 0 Å². The number of nitrogens with one attached hydrogen (secondary N) is 3. The zero-order valence-corrected chi connectivity index (χ0v) is 10.1. The first-order chi connectivity index (χ1) is 7.61. The smallest absolute Gasteiger partial charge is 0.226 e. The van der Waals surface area contributed by atoms with Crippen molar-refractivity contribution in [2.45, 2.75) is 33.2 Å². The Kier molecular flexibility index (Phi) is 4.98. The van der Waals surface area contributed by atoms with Gasteiger partial charge < -0.3 is 10.6 Å². The molecule has 0 saturated heterocycles. The molecule has 0 aliphatic rings. The highest BCUT2D eigenvalue weighted by Gasteiger charge is 2.07. The van der Waals surface area contributed by atoms with Gasteiger partial charge in [-0.3, -0.25) is 9.89 Å². The van der Waals surface area contributed by atoms with E-state index >= 15 is 0 Å². The molecule has 1 rings (SSSR count). The summed E-state index contributed by atoms with van der Waals surface area (Å²) in [4.78, 5) is 11.5. The van der Waals surface area contributed by atoms with Crippen molar-refractivity contribution >= 4 is 5.91 Å². The van der Waals surface area contributed by atoms with Crippen LogP contribution in [0.1, 0.15) is 25.2 Å². The molecule has 0 unspecified atom stereocenters. The third kappa shape index (κ3) is 4.44. The molecule has 16 heavy (non-hydrogen) atoms. The van der Waals surface area contributed by atoms with Crippen molar-refractivity contribution in [3.63, 3.8) is 0 Å². The van der Waals surface area contributed by atoms with Gasteiger partial charge in [-0.1, -0.05) is 6.92 Å². The molecule has 1 atom stereocenters. The minimum Gasteiger partial charge on any atom is -0.354 e. The average Bonchev–Trinajstić information content (AvgIpc) is 2.61. The first kappa shape index (κ1) is 12.7. The maximum absolute atomic E-state index is 11.5. The molecule has 5 heteroatoms. The molecule has 0 aliphatic carbocycles. The minimum atomic E-state index is 0.0104. The minimum absolute atomic E-state index is 0.0104. The van der Waals surface area contributed by atoms with E-state index in [1.54, 1.807) is 0 Å². The summed E-state index contributed by atoms with van der Waals surface area (Å²) in [6, 6.07) is 2.18. The molecule has 0 saturated carbocycles. The van der Waals surface area contributed by atoms with E-state index in [9.17, 15) is 4.79 Å². The SMILES string of the molecule is CCN[C@H](C)CNC(=O)Cc1cc(C)[nH]n1. The molecule has 1 aromatic heterocycles. The summed E-state index contributed by atoms with van der Waals surface area (Å²) in [6.45, 7) is 7.57. The lowest BCUT2D eigenvalue weighted by Gasteiger charge is -2.12. The first-order valence-corrected chi connectivity index (χ1v) is 5.62. The fourth-order valence-corrected chi connectivity index (χ4v) is 1.48. The summed E-state index contributed by atoms with van der Waals surface area (Å²) < 4.78 is 0. The van der Waals surface area contributed by atoms with E-state index in [0.717, 1.165) is 17.9 Å². The predicted molar refractivity (Wildman–Crippen MR) is 63.2 cm³/mol. The molecule has 0 bridgehead atoms. The second-order valence-electron chi connectivity index (χ2n) is 3.98. The van der Waals surface area contributed by atoms with E-state index in [1.807, 2.05) is 26.8 Å². The summed E-state index contributed by atoms with van der Waals surface area (Å²) in [5.41, 5.74) is 1.76. The van der Waals surface area contributed by atoms with Crippen molar-refractivity contribution in [1.82, 2.24) is 20.8 Å². The van der Waals surface area contributed by atoms with Crippen molar-refractivity contribution in [2.75, 3.05) is 13.1 Å². The normalized spacial score (nSPS) is 12.4. The van der Waals surface area contributed by atoms with Crippen LogP contribution in [0.15, 0.2) is 6.07 Å². The Balaban J connectivity index is 2.26. The number of H-pyrrole nitrogens is 1. The molecule has 90 valence electrons. The standard InChI is InChI=1S/C11H20N4O/c1-4-12-9(3)7-13-11(16)6-10-5-8(2)14-15-10/h5,9,12H,4,6-7H2,1-3H3,(H,13,16)(H,14,15)/t9-/m1/s1. The number of aryl methyl sites for hydroxylation is 1.